The monoisotopic (exact) mass is 319 g/mol. The SMILES string of the molecule is CCO[Si](CCc1cc[n+](C)cc1)(OCC)OCC.[Cl-]. The normalized spacial score (nSPS) is 11.2. The van der Waals surface area contributed by atoms with Crippen LogP contribution in [0.5, 0.6) is 0 Å². The first-order valence-corrected chi connectivity index (χ1v) is 8.95. The molecule has 0 radical (unpaired) electrons. The summed E-state index contributed by atoms with van der Waals surface area (Å²) in [6.07, 6.45) is 5.04. The van der Waals surface area contributed by atoms with Gasteiger partial charge in [0, 0.05) is 38.0 Å². The van der Waals surface area contributed by atoms with E-state index in [0.717, 1.165) is 12.5 Å². The van der Waals surface area contributed by atoms with E-state index in [1.165, 1.54) is 5.56 Å². The van der Waals surface area contributed by atoms with Crippen molar-refractivity contribution in [1.82, 2.24) is 0 Å². The molecule has 0 unspecified atom stereocenters. The van der Waals surface area contributed by atoms with Gasteiger partial charge in [0.05, 0.1) is 0 Å². The second-order valence-corrected chi connectivity index (χ2v) is 7.09. The molecule has 0 atom stereocenters. The van der Waals surface area contributed by atoms with Crippen LogP contribution in [0.25, 0.3) is 0 Å². The molecule has 116 valence electrons. The third kappa shape index (κ3) is 6.32. The summed E-state index contributed by atoms with van der Waals surface area (Å²) in [4.78, 5) is 0. The Balaban J connectivity index is 0.00000361. The maximum absolute atomic E-state index is 5.85. The molecule has 0 spiro atoms. The van der Waals surface area contributed by atoms with Gasteiger partial charge in [0.15, 0.2) is 12.4 Å². The molecule has 0 amide bonds. The zero-order valence-electron chi connectivity index (χ0n) is 12.9. The Labute approximate surface area is 129 Å². The van der Waals surface area contributed by atoms with Crippen molar-refractivity contribution in [2.24, 2.45) is 7.05 Å². The molecular formula is C14H26ClNO3Si. The molecule has 0 saturated heterocycles. The van der Waals surface area contributed by atoms with E-state index < -0.39 is 8.80 Å². The standard InChI is InChI=1S/C14H26NO3Si.ClH/c1-5-16-19(17-6-2,18-7-3)13-10-14-8-11-15(4)12-9-14;/h8-9,11-12H,5-7,10,13H2,1-4H3;1H/q+1;/p-1. The summed E-state index contributed by atoms with van der Waals surface area (Å²) in [5.74, 6) is 0. The fourth-order valence-electron chi connectivity index (χ4n) is 2.00. The van der Waals surface area contributed by atoms with Gasteiger partial charge in [-0.3, -0.25) is 0 Å². The quantitative estimate of drug-likeness (QED) is 0.437. The zero-order chi connectivity index (χ0) is 14.1. The van der Waals surface area contributed by atoms with E-state index in [2.05, 4.69) is 24.5 Å². The maximum atomic E-state index is 5.85. The lowest BCUT2D eigenvalue weighted by atomic mass is 10.2. The predicted molar refractivity (Wildman–Crippen MR) is 76.8 cm³/mol. The van der Waals surface area contributed by atoms with Crippen molar-refractivity contribution in [2.75, 3.05) is 19.8 Å². The zero-order valence-corrected chi connectivity index (χ0v) is 14.7. The van der Waals surface area contributed by atoms with Gasteiger partial charge >= 0.3 is 8.80 Å². The number of rotatable bonds is 9. The average molecular weight is 320 g/mol. The molecule has 0 aliphatic heterocycles. The molecule has 20 heavy (non-hydrogen) atoms. The van der Waals surface area contributed by atoms with Gasteiger partial charge in [-0.15, -0.1) is 0 Å². The summed E-state index contributed by atoms with van der Waals surface area (Å²) in [7, 11) is -0.481. The predicted octanol–water partition coefficient (Wildman–Crippen LogP) is -0.894. The van der Waals surface area contributed by atoms with E-state index in [9.17, 15) is 0 Å². The van der Waals surface area contributed by atoms with Crippen LogP contribution in [-0.2, 0) is 26.7 Å². The Morgan fingerprint density at radius 3 is 1.80 bits per heavy atom. The van der Waals surface area contributed by atoms with Gasteiger partial charge in [0.25, 0.3) is 0 Å². The number of aryl methyl sites for hydroxylation is 2. The molecule has 0 fully saturated rings. The molecule has 0 N–H and O–H groups in total. The van der Waals surface area contributed by atoms with Crippen LogP contribution in [0.3, 0.4) is 0 Å². The van der Waals surface area contributed by atoms with Crippen molar-refractivity contribution in [1.29, 1.82) is 0 Å². The third-order valence-corrected chi connectivity index (χ3v) is 5.91. The largest absolute Gasteiger partial charge is 1.00 e. The minimum atomic E-state index is -2.50. The van der Waals surface area contributed by atoms with E-state index in [4.69, 9.17) is 13.3 Å². The molecule has 6 heteroatoms. The molecule has 1 aromatic rings. The van der Waals surface area contributed by atoms with E-state index >= 15 is 0 Å². The number of nitrogens with zero attached hydrogens (tertiary/aromatic N) is 1. The summed E-state index contributed by atoms with van der Waals surface area (Å²) in [6, 6.07) is 5.09. The Morgan fingerprint density at radius 2 is 1.40 bits per heavy atom. The molecule has 0 aromatic carbocycles. The number of halogens is 1. The minimum Gasteiger partial charge on any atom is -1.00 e. The molecule has 0 bridgehead atoms. The smallest absolute Gasteiger partial charge is 0.501 e. The van der Waals surface area contributed by atoms with Crippen LogP contribution in [0.4, 0.5) is 0 Å². The Kier molecular flexibility index (Phi) is 10.1. The maximum Gasteiger partial charge on any atom is 0.501 e. The van der Waals surface area contributed by atoms with Crippen LogP contribution in [0.1, 0.15) is 26.3 Å². The fourth-order valence-corrected chi connectivity index (χ4v) is 4.59. The van der Waals surface area contributed by atoms with Crippen LogP contribution < -0.4 is 17.0 Å². The van der Waals surface area contributed by atoms with Crippen molar-refractivity contribution < 1.29 is 30.3 Å². The fraction of sp³-hybridized carbons (Fsp3) is 0.643. The van der Waals surface area contributed by atoms with Crippen LogP contribution in [0, 0.1) is 0 Å². The van der Waals surface area contributed by atoms with Crippen molar-refractivity contribution in [2.45, 2.75) is 33.2 Å². The van der Waals surface area contributed by atoms with Crippen LogP contribution >= 0.6 is 0 Å². The van der Waals surface area contributed by atoms with Crippen molar-refractivity contribution >= 4 is 8.80 Å². The van der Waals surface area contributed by atoms with Gasteiger partial charge in [-0.25, -0.2) is 4.57 Å². The lowest BCUT2D eigenvalue weighted by Gasteiger charge is -2.28. The van der Waals surface area contributed by atoms with Crippen LogP contribution in [0.15, 0.2) is 24.5 Å². The van der Waals surface area contributed by atoms with Crippen LogP contribution in [-0.4, -0.2) is 28.6 Å². The summed E-state index contributed by atoms with van der Waals surface area (Å²) in [5, 5.41) is 0. The Bertz CT molecular complexity index is 345. The minimum absolute atomic E-state index is 0. The van der Waals surface area contributed by atoms with Crippen LogP contribution in [0.2, 0.25) is 6.04 Å². The summed E-state index contributed by atoms with van der Waals surface area (Å²) in [5.41, 5.74) is 1.29. The highest BCUT2D eigenvalue weighted by Crippen LogP contribution is 2.18. The number of hydrogen-bond donors (Lipinski definition) is 0. The summed E-state index contributed by atoms with van der Waals surface area (Å²) >= 11 is 0. The molecule has 1 rings (SSSR count). The molecule has 1 heterocycles. The summed E-state index contributed by atoms with van der Waals surface area (Å²) in [6.45, 7) is 7.87. The Morgan fingerprint density at radius 1 is 0.950 bits per heavy atom. The lowest BCUT2D eigenvalue weighted by Crippen LogP contribution is -3.00. The van der Waals surface area contributed by atoms with Gasteiger partial charge in [-0.1, -0.05) is 0 Å². The second-order valence-electron chi connectivity index (χ2n) is 4.35. The number of hydrogen-bond acceptors (Lipinski definition) is 3. The van der Waals surface area contributed by atoms with Gasteiger partial charge < -0.3 is 25.7 Å². The van der Waals surface area contributed by atoms with Crippen molar-refractivity contribution in [3.63, 3.8) is 0 Å². The van der Waals surface area contributed by atoms with Crippen molar-refractivity contribution in [3.8, 4) is 0 Å². The number of pyridine rings is 1. The second kappa shape index (κ2) is 10.3. The van der Waals surface area contributed by atoms with E-state index in [0.29, 0.717) is 19.8 Å². The average Bonchev–Trinajstić information content (AvgIpc) is 2.39. The van der Waals surface area contributed by atoms with Gasteiger partial charge in [-0.2, -0.15) is 0 Å². The molecule has 4 nitrogen and oxygen atoms in total. The third-order valence-electron chi connectivity index (χ3n) is 2.86. The highest BCUT2D eigenvalue weighted by atomic mass is 35.5. The summed E-state index contributed by atoms with van der Waals surface area (Å²) < 4.78 is 19.6. The molecule has 0 aliphatic carbocycles. The highest BCUT2D eigenvalue weighted by Gasteiger charge is 2.39. The topological polar surface area (TPSA) is 31.6 Å². The van der Waals surface area contributed by atoms with E-state index in [1.807, 2.05) is 32.4 Å². The Hall–Kier alpha value is -0.463. The molecule has 0 aliphatic rings. The van der Waals surface area contributed by atoms with Crippen molar-refractivity contribution in [3.05, 3.63) is 30.1 Å². The number of aromatic nitrogens is 1. The molecule has 0 saturated carbocycles. The first-order valence-electron chi connectivity index (χ1n) is 7.01. The van der Waals surface area contributed by atoms with Gasteiger partial charge in [0.2, 0.25) is 0 Å². The van der Waals surface area contributed by atoms with E-state index in [1.54, 1.807) is 0 Å². The van der Waals surface area contributed by atoms with E-state index in [-0.39, 0.29) is 12.4 Å². The lowest BCUT2D eigenvalue weighted by molar-refractivity contribution is -0.671. The highest BCUT2D eigenvalue weighted by molar-refractivity contribution is 6.60. The first kappa shape index (κ1) is 19.5. The molecular weight excluding hydrogens is 294 g/mol. The van der Waals surface area contributed by atoms with Gasteiger partial charge in [0.1, 0.15) is 7.05 Å². The first-order chi connectivity index (χ1) is 9.15. The molecule has 1 aromatic heterocycles. The van der Waals surface area contributed by atoms with Gasteiger partial charge in [-0.05, 0) is 32.8 Å².